The first-order chi connectivity index (χ1) is 7.02. The molecular weight excluding hydrogens is 188 g/mol. The molecule has 0 bridgehead atoms. The Bertz CT molecular complexity index is 365. The molecular formula is C11H19N4+. The van der Waals surface area contributed by atoms with Crippen molar-refractivity contribution in [1.29, 1.82) is 0 Å². The van der Waals surface area contributed by atoms with Crippen molar-refractivity contribution in [1.82, 2.24) is 4.90 Å². The second-order valence-corrected chi connectivity index (χ2v) is 3.82. The van der Waals surface area contributed by atoms with Crippen LogP contribution in [0.2, 0.25) is 0 Å². The fourth-order valence-electron chi connectivity index (χ4n) is 1.35. The van der Waals surface area contributed by atoms with E-state index in [1.54, 1.807) is 0 Å². The van der Waals surface area contributed by atoms with Crippen molar-refractivity contribution >= 4 is 17.3 Å². The average molecular weight is 207 g/mol. The van der Waals surface area contributed by atoms with E-state index >= 15 is 0 Å². The highest BCUT2D eigenvalue weighted by Gasteiger charge is 2.12. The van der Waals surface area contributed by atoms with E-state index in [1.807, 2.05) is 61.9 Å². The highest BCUT2D eigenvalue weighted by atomic mass is 15.3. The molecule has 15 heavy (non-hydrogen) atoms. The summed E-state index contributed by atoms with van der Waals surface area (Å²) in [5.41, 5.74) is 7.53. The summed E-state index contributed by atoms with van der Waals surface area (Å²) in [7, 11) is 7.95. The van der Waals surface area contributed by atoms with E-state index in [0.717, 1.165) is 17.3 Å². The maximum atomic E-state index is 5.86. The predicted octanol–water partition coefficient (Wildman–Crippen LogP) is 0.870. The Labute approximate surface area is 91.0 Å². The van der Waals surface area contributed by atoms with Gasteiger partial charge in [0.2, 0.25) is 0 Å². The van der Waals surface area contributed by atoms with Gasteiger partial charge >= 0.3 is 5.96 Å². The fourth-order valence-corrected chi connectivity index (χ4v) is 1.35. The van der Waals surface area contributed by atoms with Crippen molar-refractivity contribution < 1.29 is 4.58 Å². The molecule has 0 aromatic heterocycles. The van der Waals surface area contributed by atoms with Gasteiger partial charge in [0.25, 0.3) is 0 Å². The second-order valence-electron chi connectivity index (χ2n) is 3.82. The summed E-state index contributed by atoms with van der Waals surface area (Å²) in [6.07, 6.45) is 0. The van der Waals surface area contributed by atoms with Crippen LogP contribution in [0.5, 0.6) is 0 Å². The molecule has 0 fully saturated rings. The molecule has 0 aliphatic heterocycles. The van der Waals surface area contributed by atoms with E-state index in [9.17, 15) is 0 Å². The summed E-state index contributed by atoms with van der Waals surface area (Å²) in [5.74, 6) is 0.993. The number of rotatable bonds is 1. The van der Waals surface area contributed by atoms with Crippen molar-refractivity contribution in [2.24, 2.45) is 0 Å². The third-order valence-corrected chi connectivity index (χ3v) is 2.05. The van der Waals surface area contributed by atoms with Crippen LogP contribution in [0.25, 0.3) is 0 Å². The second kappa shape index (κ2) is 4.68. The Balaban J connectivity index is 2.95. The van der Waals surface area contributed by atoms with E-state index in [4.69, 9.17) is 5.73 Å². The number of para-hydroxylation sites is 2. The van der Waals surface area contributed by atoms with Crippen molar-refractivity contribution in [3.8, 4) is 0 Å². The largest absolute Gasteiger partial charge is 0.396 e. The molecule has 0 saturated carbocycles. The lowest BCUT2D eigenvalue weighted by Crippen LogP contribution is -2.36. The smallest absolute Gasteiger partial charge is 0.352 e. The molecule has 0 radical (unpaired) electrons. The summed E-state index contributed by atoms with van der Waals surface area (Å²) < 4.78 is 2.01. The van der Waals surface area contributed by atoms with Crippen LogP contribution in [-0.4, -0.2) is 43.6 Å². The summed E-state index contributed by atoms with van der Waals surface area (Å²) in [6, 6.07) is 7.72. The summed E-state index contributed by atoms with van der Waals surface area (Å²) in [4.78, 5) is 2.01. The quantitative estimate of drug-likeness (QED) is 0.311. The minimum absolute atomic E-state index is 0.749. The highest BCUT2D eigenvalue weighted by Crippen LogP contribution is 2.16. The first kappa shape index (κ1) is 11.4. The van der Waals surface area contributed by atoms with E-state index in [2.05, 4.69) is 5.32 Å². The van der Waals surface area contributed by atoms with E-state index < -0.39 is 0 Å². The first-order valence-corrected chi connectivity index (χ1v) is 4.85. The minimum Gasteiger partial charge on any atom is -0.396 e. The predicted molar refractivity (Wildman–Crippen MR) is 65.3 cm³/mol. The van der Waals surface area contributed by atoms with Gasteiger partial charge in [0.15, 0.2) is 0 Å². The molecule has 0 heterocycles. The van der Waals surface area contributed by atoms with Crippen molar-refractivity contribution in [3.63, 3.8) is 0 Å². The molecule has 4 heteroatoms. The van der Waals surface area contributed by atoms with Gasteiger partial charge in [0.1, 0.15) is 5.69 Å². The van der Waals surface area contributed by atoms with Gasteiger partial charge in [-0.2, -0.15) is 0 Å². The number of hydrogen-bond donors (Lipinski definition) is 2. The minimum atomic E-state index is 0.749. The average Bonchev–Trinajstić information content (AvgIpc) is 2.15. The van der Waals surface area contributed by atoms with Gasteiger partial charge < -0.3 is 5.73 Å². The number of nitrogens with zero attached hydrogens (tertiary/aromatic N) is 2. The standard InChI is InChI=1S/C11H18N4/c1-14(2)11(15(3)4)13-10-8-6-5-7-9(10)12/h5-8H,12H2,1-4H3/p+1. The monoisotopic (exact) mass is 207 g/mol. The van der Waals surface area contributed by atoms with Crippen LogP contribution in [0, 0.1) is 0 Å². The molecule has 0 saturated heterocycles. The Morgan fingerprint density at radius 2 is 1.87 bits per heavy atom. The summed E-state index contributed by atoms with van der Waals surface area (Å²) >= 11 is 0. The zero-order chi connectivity index (χ0) is 11.4. The molecule has 1 rings (SSSR count). The van der Waals surface area contributed by atoms with E-state index in [-0.39, 0.29) is 0 Å². The Morgan fingerprint density at radius 3 is 2.33 bits per heavy atom. The molecule has 0 unspecified atom stereocenters. The van der Waals surface area contributed by atoms with Crippen LogP contribution in [-0.2, 0) is 0 Å². The number of anilines is 2. The van der Waals surface area contributed by atoms with Crippen LogP contribution >= 0.6 is 0 Å². The van der Waals surface area contributed by atoms with Crippen molar-refractivity contribution in [3.05, 3.63) is 24.3 Å². The van der Waals surface area contributed by atoms with Crippen LogP contribution in [0.4, 0.5) is 11.4 Å². The van der Waals surface area contributed by atoms with E-state index in [0.29, 0.717) is 0 Å². The Hall–Kier alpha value is -1.71. The number of guanidine groups is 1. The molecule has 0 spiro atoms. The SMILES string of the molecule is CN(C)C(Nc1ccccc1N)=[N+](C)C. The van der Waals surface area contributed by atoms with Crippen molar-refractivity contribution in [2.45, 2.75) is 0 Å². The Morgan fingerprint density at radius 1 is 1.27 bits per heavy atom. The van der Waals surface area contributed by atoms with Crippen molar-refractivity contribution in [2.75, 3.05) is 39.2 Å². The third-order valence-electron chi connectivity index (χ3n) is 2.05. The summed E-state index contributed by atoms with van der Waals surface area (Å²) in [5, 5.41) is 3.29. The fraction of sp³-hybridized carbons (Fsp3) is 0.364. The Kier molecular flexibility index (Phi) is 3.55. The van der Waals surface area contributed by atoms with Gasteiger partial charge in [-0.05, 0) is 12.1 Å². The van der Waals surface area contributed by atoms with Gasteiger partial charge in [-0.15, -0.1) is 0 Å². The van der Waals surface area contributed by atoms with Crippen LogP contribution in [0.15, 0.2) is 24.3 Å². The molecule has 1 aromatic carbocycles. The van der Waals surface area contributed by atoms with Crippen LogP contribution in [0.1, 0.15) is 0 Å². The molecule has 1 aromatic rings. The zero-order valence-corrected chi connectivity index (χ0v) is 9.78. The summed E-state index contributed by atoms with van der Waals surface area (Å²) in [6.45, 7) is 0. The number of benzene rings is 1. The molecule has 0 aliphatic carbocycles. The van der Waals surface area contributed by atoms with Crippen LogP contribution < -0.4 is 11.1 Å². The molecule has 82 valence electrons. The van der Waals surface area contributed by atoms with Gasteiger partial charge in [-0.25, -0.2) is 5.32 Å². The number of nitrogens with two attached hydrogens (primary N) is 1. The van der Waals surface area contributed by atoms with Gasteiger partial charge in [0, 0.05) is 0 Å². The lowest BCUT2D eigenvalue weighted by molar-refractivity contribution is -0.469. The number of nitrogens with one attached hydrogen (secondary N) is 1. The topological polar surface area (TPSA) is 44.3 Å². The maximum Gasteiger partial charge on any atom is 0.352 e. The maximum absolute atomic E-state index is 5.86. The normalized spacial score (nSPS) is 9.60. The van der Waals surface area contributed by atoms with Gasteiger partial charge in [0.05, 0.1) is 33.9 Å². The molecule has 4 nitrogen and oxygen atoms in total. The molecule has 0 aliphatic rings. The molecule has 0 atom stereocenters. The molecule has 3 N–H and O–H groups in total. The lowest BCUT2D eigenvalue weighted by atomic mass is 10.3. The highest BCUT2D eigenvalue weighted by molar-refractivity contribution is 5.92. The van der Waals surface area contributed by atoms with Gasteiger partial charge in [-0.3, -0.25) is 9.48 Å². The zero-order valence-electron chi connectivity index (χ0n) is 9.78. The lowest BCUT2D eigenvalue weighted by Gasteiger charge is -2.13. The number of hydrogen-bond acceptors (Lipinski definition) is 1. The first-order valence-electron chi connectivity index (χ1n) is 4.85. The van der Waals surface area contributed by atoms with E-state index in [1.165, 1.54) is 0 Å². The van der Waals surface area contributed by atoms with Crippen LogP contribution in [0.3, 0.4) is 0 Å². The third kappa shape index (κ3) is 2.87. The van der Waals surface area contributed by atoms with Gasteiger partial charge in [-0.1, -0.05) is 12.1 Å². The number of nitrogen functional groups attached to an aromatic ring is 1. The molecule has 0 amide bonds.